The van der Waals surface area contributed by atoms with E-state index in [1.54, 1.807) is 7.11 Å². The first-order chi connectivity index (χ1) is 11.6. The molecule has 2 aliphatic carbocycles. The maximum Gasteiger partial charge on any atom is 0.509 e. The summed E-state index contributed by atoms with van der Waals surface area (Å²) in [5.41, 5.74) is 2.47. The number of hydrogen-bond donors (Lipinski definition) is 0. The van der Waals surface area contributed by atoms with Gasteiger partial charge in [-0.2, -0.15) is 0 Å². The molecule has 0 radical (unpaired) electrons. The van der Waals surface area contributed by atoms with E-state index in [1.165, 1.54) is 11.1 Å². The van der Waals surface area contributed by atoms with Crippen LogP contribution in [0.2, 0.25) is 0 Å². The number of hydrogen-bond acceptors (Lipinski definition) is 1. The van der Waals surface area contributed by atoms with Gasteiger partial charge in [0.25, 0.3) is 0 Å². The largest absolute Gasteiger partial charge is 0.509 e. The average molecular weight is 318 g/mol. The van der Waals surface area contributed by atoms with Crippen molar-refractivity contribution in [3.05, 3.63) is 76.0 Å². The van der Waals surface area contributed by atoms with E-state index < -0.39 is 5.66 Å². The molecule has 0 saturated heterocycles. The van der Waals surface area contributed by atoms with Crippen molar-refractivity contribution in [2.24, 2.45) is 5.92 Å². The van der Waals surface area contributed by atoms with E-state index in [4.69, 9.17) is 17.9 Å². The molecule has 2 atom stereocenters. The highest BCUT2D eigenvalue weighted by Crippen LogP contribution is 2.48. The molecular formula is C21H22N2O. The van der Waals surface area contributed by atoms with Crippen LogP contribution in [0.3, 0.4) is 0 Å². The van der Waals surface area contributed by atoms with Crippen molar-refractivity contribution in [3.8, 4) is 5.75 Å². The molecule has 1 aromatic carbocycles. The van der Waals surface area contributed by atoms with Crippen LogP contribution in [0.5, 0.6) is 5.75 Å². The normalized spacial score (nSPS) is 24.8. The van der Waals surface area contributed by atoms with Crippen molar-refractivity contribution in [1.29, 1.82) is 0 Å². The Morgan fingerprint density at radius 2 is 2.04 bits per heavy atom. The highest BCUT2D eigenvalue weighted by Gasteiger charge is 2.53. The Hall–Kier alpha value is -2.52. The van der Waals surface area contributed by atoms with Gasteiger partial charge in [0, 0.05) is 11.8 Å². The number of methoxy groups -OCH3 is 1. The van der Waals surface area contributed by atoms with Crippen molar-refractivity contribution < 1.29 is 4.74 Å². The Bertz CT molecular complexity index is 762. The third-order valence-corrected chi connectivity index (χ3v) is 5.34. The number of benzene rings is 1. The second kappa shape index (κ2) is 6.54. The molecule has 0 bridgehead atoms. The van der Waals surface area contributed by atoms with Gasteiger partial charge in [-0.05, 0) is 49.4 Å². The minimum absolute atomic E-state index is 0.206. The van der Waals surface area contributed by atoms with Crippen LogP contribution in [0.1, 0.15) is 42.7 Å². The fourth-order valence-electron chi connectivity index (χ4n) is 4.04. The maximum absolute atomic E-state index is 7.66. The number of rotatable bonds is 2. The fraction of sp³-hybridized carbons (Fsp3) is 0.429. The van der Waals surface area contributed by atoms with Gasteiger partial charge in [-0.25, -0.2) is 22.8 Å². The highest BCUT2D eigenvalue weighted by molar-refractivity contribution is 5.45. The van der Waals surface area contributed by atoms with Crippen LogP contribution in [0.25, 0.3) is 9.69 Å². The summed E-state index contributed by atoms with van der Waals surface area (Å²) < 4.78 is 5.42. The lowest BCUT2D eigenvalue weighted by atomic mass is 9.72. The Labute approximate surface area is 144 Å². The summed E-state index contributed by atoms with van der Waals surface area (Å²) >= 11 is 0. The molecule has 0 aliphatic heterocycles. The van der Waals surface area contributed by atoms with Crippen molar-refractivity contribution in [2.45, 2.75) is 44.2 Å². The molecule has 0 N–H and O–H groups in total. The minimum Gasteiger partial charge on any atom is -0.497 e. The summed E-state index contributed by atoms with van der Waals surface area (Å²) in [6.07, 6.45) is 10.0. The molecule has 3 nitrogen and oxygen atoms in total. The van der Waals surface area contributed by atoms with Gasteiger partial charge in [0.2, 0.25) is 0 Å². The molecule has 0 aromatic heterocycles. The van der Waals surface area contributed by atoms with Crippen LogP contribution in [-0.2, 0) is 0 Å². The number of nitrogens with zero attached hydrogens (tertiary/aromatic N) is 2. The van der Waals surface area contributed by atoms with Crippen LogP contribution in [0, 0.1) is 26.0 Å². The number of fused-ring (bicyclic) bond motifs is 1. The predicted molar refractivity (Wildman–Crippen MR) is 95.6 cm³/mol. The van der Waals surface area contributed by atoms with E-state index >= 15 is 0 Å². The zero-order chi connectivity index (χ0) is 17.2. The lowest BCUT2D eigenvalue weighted by Crippen LogP contribution is -2.30. The first-order valence-electron chi connectivity index (χ1n) is 8.44. The molecule has 0 heterocycles. The predicted octanol–water partition coefficient (Wildman–Crippen LogP) is 5.31. The maximum atomic E-state index is 7.66. The van der Waals surface area contributed by atoms with E-state index in [-0.39, 0.29) is 11.8 Å². The zero-order valence-corrected chi connectivity index (χ0v) is 14.2. The Morgan fingerprint density at radius 3 is 2.75 bits per heavy atom. The molecule has 0 unspecified atom stereocenters. The van der Waals surface area contributed by atoms with E-state index in [9.17, 15) is 0 Å². The van der Waals surface area contributed by atoms with Crippen molar-refractivity contribution in [1.82, 2.24) is 0 Å². The monoisotopic (exact) mass is 318 g/mol. The Morgan fingerprint density at radius 1 is 1.25 bits per heavy atom. The molecule has 0 amide bonds. The number of ether oxygens (including phenoxy) is 1. The zero-order valence-electron chi connectivity index (χ0n) is 14.2. The van der Waals surface area contributed by atoms with E-state index in [2.05, 4.69) is 40.9 Å². The quantitative estimate of drug-likeness (QED) is 0.534. The molecule has 3 rings (SSSR count). The van der Waals surface area contributed by atoms with Gasteiger partial charge in [0.1, 0.15) is 17.7 Å². The van der Waals surface area contributed by atoms with E-state index in [0.29, 0.717) is 6.42 Å². The highest BCUT2D eigenvalue weighted by atomic mass is 16.5. The van der Waals surface area contributed by atoms with Crippen molar-refractivity contribution in [2.75, 3.05) is 7.11 Å². The van der Waals surface area contributed by atoms with Gasteiger partial charge in [0.05, 0.1) is 7.11 Å². The van der Waals surface area contributed by atoms with Gasteiger partial charge in [0.15, 0.2) is 0 Å². The summed E-state index contributed by atoms with van der Waals surface area (Å²) in [5, 5.41) is 0. The van der Waals surface area contributed by atoms with Crippen LogP contribution in [-0.4, -0.2) is 12.8 Å². The van der Waals surface area contributed by atoms with Gasteiger partial charge in [-0.15, -0.1) is 0 Å². The molecule has 24 heavy (non-hydrogen) atoms. The van der Waals surface area contributed by atoms with Gasteiger partial charge < -0.3 is 4.74 Å². The van der Waals surface area contributed by atoms with Crippen LogP contribution < -0.4 is 4.74 Å². The lowest BCUT2D eigenvalue weighted by molar-refractivity contribution is 0.410. The summed E-state index contributed by atoms with van der Waals surface area (Å²) in [4.78, 5) is 7.56. The summed E-state index contributed by atoms with van der Waals surface area (Å²) in [5.74, 6) is 1.29. The van der Waals surface area contributed by atoms with Gasteiger partial charge in [-0.1, -0.05) is 24.3 Å². The number of allylic oxidation sites excluding steroid dienone is 2. The van der Waals surface area contributed by atoms with E-state index in [0.717, 1.165) is 30.6 Å². The number of aryl methyl sites for hydroxylation is 1. The molecular weight excluding hydrogens is 296 g/mol. The first kappa shape index (κ1) is 16.3. The third-order valence-electron chi connectivity index (χ3n) is 5.34. The molecule has 3 heteroatoms. The first-order valence-corrected chi connectivity index (χ1v) is 8.44. The lowest BCUT2D eigenvalue weighted by Gasteiger charge is -2.30. The van der Waals surface area contributed by atoms with Crippen molar-refractivity contribution in [3.63, 3.8) is 0 Å². The summed E-state index contributed by atoms with van der Waals surface area (Å²) in [7, 11) is 1.69. The molecule has 2 aliphatic rings. The van der Waals surface area contributed by atoms with Crippen LogP contribution in [0.4, 0.5) is 0 Å². The molecule has 1 aromatic rings. The second-order valence-electron chi connectivity index (χ2n) is 6.62. The molecule has 0 fully saturated rings. The Kier molecular flexibility index (Phi) is 4.45. The molecule has 0 saturated carbocycles. The van der Waals surface area contributed by atoms with E-state index in [1.807, 2.05) is 12.1 Å². The second-order valence-corrected chi connectivity index (χ2v) is 6.62. The Balaban J connectivity index is 2.12. The SMILES string of the molecule is [C-]#[N+]C1([N+]#[C-])CC=C[C@@H](c2cc(OC)ccc2C)[C@@H]2CCCC=C21. The summed E-state index contributed by atoms with van der Waals surface area (Å²) in [6.45, 7) is 17.4. The smallest absolute Gasteiger partial charge is 0.497 e. The van der Waals surface area contributed by atoms with Crippen LogP contribution in [0.15, 0.2) is 42.0 Å². The minimum atomic E-state index is -1.04. The standard InChI is InChI=1S/C21H22N2O/c1-15-11-12-16(24-4)14-19(15)17-9-7-13-21(22-2,23-3)20-10-6-5-8-18(17)20/h7,9-12,14,17-18H,5-6,8,13H2,1,4H3/t17-,18+/m1/s1. The van der Waals surface area contributed by atoms with Crippen molar-refractivity contribution >= 4 is 0 Å². The van der Waals surface area contributed by atoms with Gasteiger partial charge >= 0.3 is 5.66 Å². The molecule has 122 valence electrons. The van der Waals surface area contributed by atoms with Gasteiger partial charge in [-0.3, -0.25) is 0 Å². The van der Waals surface area contributed by atoms with Crippen LogP contribution >= 0.6 is 0 Å². The average Bonchev–Trinajstić information content (AvgIpc) is 2.79. The fourth-order valence-corrected chi connectivity index (χ4v) is 4.04. The third kappa shape index (κ3) is 2.61. The summed E-state index contributed by atoms with van der Waals surface area (Å²) in [6, 6.07) is 6.19. The topological polar surface area (TPSA) is 18.0 Å². The molecule has 0 spiro atoms.